The van der Waals surface area contributed by atoms with Crippen molar-refractivity contribution in [3.63, 3.8) is 0 Å². The Kier molecular flexibility index (Phi) is 4.40. The van der Waals surface area contributed by atoms with Crippen LogP contribution in [-0.2, 0) is 4.79 Å². The zero-order valence-corrected chi connectivity index (χ0v) is 15.0. The fourth-order valence-electron chi connectivity index (χ4n) is 3.30. The molecule has 1 saturated heterocycles. The molecule has 5 heteroatoms. The lowest BCUT2D eigenvalue weighted by atomic mass is 10.2. The molecule has 0 aliphatic carbocycles. The fourth-order valence-corrected chi connectivity index (χ4v) is 4.41. The van der Waals surface area contributed by atoms with Gasteiger partial charge in [0.15, 0.2) is 6.61 Å². The molecule has 1 amide bonds. The van der Waals surface area contributed by atoms with E-state index in [0.29, 0.717) is 0 Å². The van der Waals surface area contributed by atoms with Gasteiger partial charge in [-0.05, 0) is 43.5 Å². The summed E-state index contributed by atoms with van der Waals surface area (Å²) in [5.41, 5.74) is 2.05. The van der Waals surface area contributed by atoms with Gasteiger partial charge in [-0.3, -0.25) is 4.79 Å². The number of fused-ring (bicyclic) bond motifs is 1. The van der Waals surface area contributed by atoms with E-state index in [2.05, 4.69) is 6.07 Å². The summed E-state index contributed by atoms with van der Waals surface area (Å²) < 4.78 is 6.92. The second-order valence-corrected chi connectivity index (χ2v) is 7.38. The maximum atomic E-state index is 12.7. The minimum atomic E-state index is 0.0324. The third-order valence-corrected chi connectivity index (χ3v) is 5.75. The quantitative estimate of drug-likeness (QED) is 0.701. The summed E-state index contributed by atoms with van der Waals surface area (Å²) in [4.78, 5) is 19.4. The van der Waals surface area contributed by atoms with E-state index < -0.39 is 0 Å². The third-order valence-electron chi connectivity index (χ3n) is 4.61. The Bertz CT molecular complexity index is 872. The molecule has 0 radical (unpaired) electrons. The topological polar surface area (TPSA) is 42.4 Å². The molecule has 2 heterocycles. The van der Waals surface area contributed by atoms with Crippen LogP contribution in [-0.4, -0.2) is 28.9 Å². The van der Waals surface area contributed by atoms with Gasteiger partial charge in [-0.2, -0.15) is 0 Å². The largest absolute Gasteiger partial charge is 0.484 e. The molecule has 1 aliphatic rings. The van der Waals surface area contributed by atoms with Gasteiger partial charge in [-0.25, -0.2) is 4.98 Å². The number of aromatic nitrogens is 1. The second kappa shape index (κ2) is 6.84. The molecule has 4 rings (SSSR count). The number of likely N-dealkylation sites (tertiary alicyclic amines) is 1. The molecule has 1 fully saturated rings. The van der Waals surface area contributed by atoms with E-state index in [0.717, 1.165) is 41.2 Å². The van der Waals surface area contributed by atoms with Gasteiger partial charge in [0.05, 0.1) is 16.3 Å². The molecule has 4 nitrogen and oxygen atoms in total. The number of thiazole rings is 1. The van der Waals surface area contributed by atoms with Crippen LogP contribution in [0.2, 0.25) is 0 Å². The normalized spacial score (nSPS) is 17.2. The summed E-state index contributed by atoms with van der Waals surface area (Å²) in [6.07, 6.45) is 1.98. The zero-order valence-electron chi connectivity index (χ0n) is 14.1. The number of aryl methyl sites for hydroxylation is 1. The fraction of sp³-hybridized carbons (Fsp3) is 0.300. The number of amides is 1. The number of para-hydroxylation sites is 2. The lowest BCUT2D eigenvalue weighted by Gasteiger charge is -2.23. The maximum Gasteiger partial charge on any atom is 0.261 e. The van der Waals surface area contributed by atoms with E-state index in [1.54, 1.807) is 11.3 Å². The number of hydrogen-bond donors (Lipinski definition) is 0. The highest BCUT2D eigenvalue weighted by molar-refractivity contribution is 7.18. The lowest BCUT2D eigenvalue weighted by Crippen LogP contribution is -2.34. The van der Waals surface area contributed by atoms with Crippen LogP contribution in [0.25, 0.3) is 10.2 Å². The number of carbonyl (C=O) groups is 1. The minimum Gasteiger partial charge on any atom is -0.484 e. The first-order chi connectivity index (χ1) is 12.2. The SMILES string of the molecule is Cc1ccccc1OCC(=O)N1CCC[C@H]1c1nc2ccccc2s1. The average molecular weight is 352 g/mol. The molecule has 1 atom stereocenters. The molecular weight excluding hydrogens is 332 g/mol. The first-order valence-corrected chi connectivity index (χ1v) is 9.37. The molecule has 25 heavy (non-hydrogen) atoms. The van der Waals surface area contributed by atoms with Crippen molar-refractivity contribution in [3.05, 3.63) is 59.1 Å². The average Bonchev–Trinajstić information content (AvgIpc) is 3.27. The predicted molar refractivity (Wildman–Crippen MR) is 100.0 cm³/mol. The molecule has 1 aliphatic heterocycles. The van der Waals surface area contributed by atoms with Crippen molar-refractivity contribution >= 4 is 27.5 Å². The molecule has 2 aromatic carbocycles. The number of ether oxygens (including phenoxy) is 1. The van der Waals surface area contributed by atoms with Gasteiger partial charge in [0.2, 0.25) is 0 Å². The molecule has 0 unspecified atom stereocenters. The van der Waals surface area contributed by atoms with Crippen LogP contribution >= 0.6 is 11.3 Å². The number of hydrogen-bond acceptors (Lipinski definition) is 4. The Hall–Kier alpha value is -2.40. The van der Waals surface area contributed by atoms with Crippen molar-refractivity contribution in [2.75, 3.05) is 13.2 Å². The molecule has 1 aromatic heterocycles. The molecule has 128 valence electrons. The Balaban J connectivity index is 1.49. The van der Waals surface area contributed by atoms with E-state index in [-0.39, 0.29) is 18.6 Å². The van der Waals surface area contributed by atoms with Crippen LogP contribution in [0, 0.1) is 6.92 Å². The van der Waals surface area contributed by atoms with Gasteiger partial charge < -0.3 is 9.64 Å². The van der Waals surface area contributed by atoms with Crippen molar-refractivity contribution in [1.29, 1.82) is 0 Å². The molecule has 0 N–H and O–H groups in total. The van der Waals surface area contributed by atoms with Crippen molar-refractivity contribution in [2.45, 2.75) is 25.8 Å². The Morgan fingerprint density at radius 3 is 2.88 bits per heavy atom. The van der Waals surface area contributed by atoms with Crippen molar-refractivity contribution in [1.82, 2.24) is 9.88 Å². The van der Waals surface area contributed by atoms with Crippen molar-refractivity contribution in [3.8, 4) is 5.75 Å². The highest BCUT2D eigenvalue weighted by Crippen LogP contribution is 2.36. The van der Waals surface area contributed by atoms with Crippen LogP contribution < -0.4 is 4.74 Å². The van der Waals surface area contributed by atoms with Gasteiger partial charge in [-0.15, -0.1) is 11.3 Å². The minimum absolute atomic E-state index is 0.0324. The molecule has 3 aromatic rings. The summed E-state index contributed by atoms with van der Waals surface area (Å²) in [6.45, 7) is 2.84. The number of carbonyl (C=O) groups excluding carboxylic acids is 1. The Labute approximate surface area is 151 Å². The standard InChI is InChI=1S/C20H20N2O2S/c1-14-7-2-4-10-17(14)24-13-19(23)22-12-6-9-16(22)20-21-15-8-3-5-11-18(15)25-20/h2-5,7-8,10-11,16H,6,9,12-13H2,1H3/t16-/m0/s1. The van der Waals surface area contributed by atoms with E-state index in [1.807, 2.05) is 54.3 Å². The van der Waals surface area contributed by atoms with E-state index in [4.69, 9.17) is 9.72 Å². The van der Waals surface area contributed by atoms with Gasteiger partial charge >= 0.3 is 0 Å². The van der Waals surface area contributed by atoms with Crippen LogP contribution in [0.15, 0.2) is 48.5 Å². The summed E-state index contributed by atoms with van der Waals surface area (Å²) in [5, 5.41) is 1.03. The monoisotopic (exact) mass is 352 g/mol. The molecule has 0 saturated carbocycles. The Morgan fingerprint density at radius 1 is 1.24 bits per heavy atom. The number of nitrogens with zero attached hydrogens (tertiary/aromatic N) is 2. The lowest BCUT2D eigenvalue weighted by molar-refractivity contribution is -0.134. The molecule has 0 spiro atoms. The summed E-state index contributed by atoms with van der Waals surface area (Å²) >= 11 is 1.69. The molecule has 0 bridgehead atoms. The zero-order chi connectivity index (χ0) is 17.2. The highest BCUT2D eigenvalue weighted by Gasteiger charge is 2.32. The first-order valence-electron chi connectivity index (χ1n) is 8.56. The van der Waals surface area contributed by atoms with E-state index >= 15 is 0 Å². The Morgan fingerprint density at radius 2 is 2.04 bits per heavy atom. The number of rotatable bonds is 4. The number of benzene rings is 2. The van der Waals surface area contributed by atoms with Crippen LogP contribution in [0.4, 0.5) is 0 Å². The van der Waals surface area contributed by atoms with Crippen LogP contribution in [0.5, 0.6) is 5.75 Å². The van der Waals surface area contributed by atoms with Crippen LogP contribution in [0.1, 0.15) is 29.5 Å². The van der Waals surface area contributed by atoms with Gasteiger partial charge in [-0.1, -0.05) is 30.3 Å². The van der Waals surface area contributed by atoms with E-state index in [1.165, 1.54) is 4.70 Å². The summed E-state index contributed by atoms with van der Waals surface area (Å²) in [5.74, 6) is 0.802. The van der Waals surface area contributed by atoms with Gasteiger partial charge in [0.1, 0.15) is 10.8 Å². The first kappa shape index (κ1) is 16.1. The van der Waals surface area contributed by atoms with Crippen molar-refractivity contribution in [2.24, 2.45) is 0 Å². The summed E-state index contributed by atoms with van der Waals surface area (Å²) in [6, 6.07) is 16.0. The van der Waals surface area contributed by atoms with E-state index in [9.17, 15) is 4.79 Å². The maximum absolute atomic E-state index is 12.7. The van der Waals surface area contributed by atoms with Crippen LogP contribution in [0.3, 0.4) is 0 Å². The highest BCUT2D eigenvalue weighted by atomic mass is 32.1. The smallest absolute Gasteiger partial charge is 0.261 e. The van der Waals surface area contributed by atoms with Gasteiger partial charge in [0, 0.05) is 6.54 Å². The molecular formula is C20H20N2O2S. The second-order valence-electron chi connectivity index (χ2n) is 6.32. The summed E-state index contributed by atoms with van der Waals surface area (Å²) in [7, 11) is 0. The predicted octanol–water partition coefficient (Wildman–Crippen LogP) is 4.35. The van der Waals surface area contributed by atoms with Gasteiger partial charge in [0.25, 0.3) is 5.91 Å². The third kappa shape index (κ3) is 3.24. The van der Waals surface area contributed by atoms with Crippen molar-refractivity contribution < 1.29 is 9.53 Å².